The third kappa shape index (κ3) is 2.91. The summed E-state index contributed by atoms with van der Waals surface area (Å²) in [5, 5.41) is 3.24. The molecule has 0 saturated heterocycles. The van der Waals surface area contributed by atoms with Gasteiger partial charge in [-0.1, -0.05) is 12.1 Å². The molecule has 104 valence electrons. The zero-order valence-electron chi connectivity index (χ0n) is 11.2. The zero-order chi connectivity index (χ0) is 13.9. The van der Waals surface area contributed by atoms with Crippen molar-refractivity contribution in [1.82, 2.24) is 5.32 Å². The van der Waals surface area contributed by atoms with Gasteiger partial charge >= 0.3 is 0 Å². The zero-order valence-corrected chi connectivity index (χ0v) is 13.4. The minimum atomic E-state index is 0.287. The first-order valence-corrected chi connectivity index (χ1v) is 7.65. The number of benzene rings is 2. The van der Waals surface area contributed by atoms with Gasteiger partial charge in [-0.25, -0.2) is 0 Å². The highest BCUT2D eigenvalue weighted by molar-refractivity contribution is 14.1. The molecule has 2 aromatic carbocycles. The van der Waals surface area contributed by atoms with E-state index in [0.29, 0.717) is 13.2 Å². The van der Waals surface area contributed by atoms with E-state index in [1.54, 1.807) is 0 Å². The molecule has 0 bridgehead atoms. The second kappa shape index (κ2) is 6.01. The Kier molecular flexibility index (Phi) is 4.12. The Morgan fingerprint density at radius 3 is 2.80 bits per heavy atom. The molecule has 0 radical (unpaired) electrons. The maximum Gasteiger partial charge on any atom is 0.127 e. The molecule has 1 atom stereocenters. The Bertz CT molecular complexity index is 598. The second-order valence-corrected chi connectivity index (χ2v) is 6.01. The lowest BCUT2D eigenvalue weighted by Crippen LogP contribution is -2.17. The molecule has 3 rings (SSSR count). The molecule has 4 heteroatoms. The summed E-state index contributed by atoms with van der Waals surface area (Å²) in [5.74, 6) is 1.77. The van der Waals surface area contributed by atoms with Gasteiger partial charge in [-0.2, -0.15) is 0 Å². The minimum Gasteiger partial charge on any atom is -0.491 e. The van der Waals surface area contributed by atoms with E-state index in [2.05, 4.69) is 58.2 Å². The van der Waals surface area contributed by atoms with Gasteiger partial charge in [0.25, 0.3) is 0 Å². The summed E-state index contributed by atoms with van der Waals surface area (Å²) >= 11 is 2.30. The van der Waals surface area contributed by atoms with Crippen LogP contribution in [0.1, 0.15) is 17.2 Å². The van der Waals surface area contributed by atoms with Gasteiger partial charge in [-0.3, -0.25) is 0 Å². The highest BCUT2D eigenvalue weighted by Gasteiger charge is 2.22. The molecule has 1 N–H and O–H groups in total. The quantitative estimate of drug-likeness (QED) is 0.823. The van der Waals surface area contributed by atoms with Crippen LogP contribution in [0.5, 0.6) is 11.5 Å². The van der Waals surface area contributed by atoms with E-state index < -0.39 is 0 Å². The fourth-order valence-corrected chi connectivity index (χ4v) is 2.63. The van der Waals surface area contributed by atoms with Gasteiger partial charge in [-0.05, 0) is 59.5 Å². The molecule has 1 aliphatic heterocycles. The fraction of sp³-hybridized carbons (Fsp3) is 0.250. The van der Waals surface area contributed by atoms with Gasteiger partial charge in [0.1, 0.15) is 24.7 Å². The molecule has 0 saturated carbocycles. The predicted molar refractivity (Wildman–Crippen MR) is 87.2 cm³/mol. The van der Waals surface area contributed by atoms with Crippen LogP contribution in [0.4, 0.5) is 0 Å². The van der Waals surface area contributed by atoms with Gasteiger partial charge < -0.3 is 14.8 Å². The van der Waals surface area contributed by atoms with Crippen molar-refractivity contribution in [3.05, 3.63) is 57.2 Å². The van der Waals surface area contributed by atoms with Gasteiger partial charge in [-0.15, -0.1) is 0 Å². The van der Waals surface area contributed by atoms with Gasteiger partial charge in [0.2, 0.25) is 0 Å². The van der Waals surface area contributed by atoms with Crippen molar-refractivity contribution in [3.8, 4) is 11.5 Å². The first-order valence-electron chi connectivity index (χ1n) is 6.57. The normalized spacial score (nSPS) is 16.6. The number of hydrogen-bond acceptors (Lipinski definition) is 3. The van der Waals surface area contributed by atoms with E-state index in [1.807, 2.05) is 19.2 Å². The van der Waals surface area contributed by atoms with Crippen LogP contribution in [0.3, 0.4) is 0 Å². The van der Waals surface area contributed by atoms with Crippen molar-refractivity contribution in [2.45, 2.75) is 12.6 Å². The molecule has 20 heavy (non-hydrogen) atoms. The van der Waals surface area contributed by atoms with Gasteiger partial charge in [0.05, 0.1) is 6.04 Å². The van der Waals surface area contributed by atoms with Crippen LogP contribution in [0.25, 0.3) is 0 Å². The smallest absolute Gasteiger partial charge is 0.127 e. The van der Waals surface area contributed by atoms with Gasteiger partial charge in [0.15, 0.2) is 0 Å². The molecule has 1 aliphatic rings. The number of halogens is 1. The number of nitrogens with one attached hydrogen (secondary N) is 1. The lowest BCUT2D eigenvalue weighted by molar-refractivity contribution is 0.298. The van der Waals surface area contributed by atoms with E-state index in [4.69, 9.17) is 9.47 Å². The van der Waals surface area contributed by atoms with E-state index in [1.165, 1.54) is 14.7 Å². The molecule has 0 fully saturated rings. The molecule has 0 amide bonds. The number of likely N-dealkylation sites (N-methyl/N-ethyl adjacent to an activating group) is 1. The van der Waals surface area contributed by atoms with Gasteiger partial charge in [0, 0.05) is 15.2 Å². The van der Waals surface area contributed by atoms with Crippen LogP contribution in [0.15, 0.2) is 42.5 Å². The summed E-state index contributed by atoms with van der Waals surface area (Å²) in [5.41, 5.74) is 2.37. The summed E-state index contributed by atoms with van der Waals surface area (Å²) in [7, 11) is 1.95. The predicted octanol–water partition coefficient (Wildman–Crippen LogP) is 3.52. The number of ether oxygens (including phenoxy) is 2. The van der Waals surface area contributed by atoms with Crippen molar-refractivity contribution in [2.75, 3.05) is 13.7 Å². The molecular formula is C16H16INO2. The van der Waals surface area contributed by atoms with Crippen LogP contribution in [-0.4, -0.2) is 13.7 Å². The number of hydrogen-bond donors (Lipinski definition) is 1. The Hall–Kier alpha value is -1.27. The molecule has 1 unspecified atom stereocenters. The molecule has 0 aromatic heterocycles. The first kappa shape index (κ1) is 13.7. The van der Waals surface area contributed by atoms with Crippen molar-refractivity contribution in [3.63, 3.8) is 0 Å². The highest BCUT2D eigenvalue weighted by atomic mass is 127. The average molecular weight is 381 g/mol. The van der Waals surface area contributed by atoms with E-state index in [9.17, 15) is 0 Å². The third-order valence-corrected chi connectivity index (χ3v) is 4.15. The van der Waals surface area contributed by atoms with Crippen LogP contribution in [-0.2, 0) is 6.61 Å². The summed E-state index contributed by atoms with van der Waals surface area (Å²) in [6, 6.07) is 14.7. The Labute approximate surface area is 132 Å². The Balaban J connectivity index is 1.68. The molecule has 2 aromatic rings. The largest absolute Gasteiger partial charge is 0.491 e. The van der Waals surface area contributed by atoms with E-state index in [-0.39, 0.29) is 6.04 Å². The molecule has 0 aliphatic carbocycles. The summed E-state index contributed by atoms with van der Waals surface area (Å²) < 4.78 is 12.7. The highest BCUT2D eigenvalue weighted by Crippen LogP contribution is 2.35. The fourth-order valence-electron chi connectivity index (χ4n) is 2.27. The van der Waals surface area contributed by atoms with Crippen molar-refractivity contribution in [1.29, 1.82) is 0 Å². The van der Waals surface area contributed by atoms with Crippen LogP contribution < -0.4 is 14.8 Å². The van der Waals surface area contributed by atoms with Crippen LogP contribution in [0.2, 0.25) is 0 Å². The molecule has 3 nitrogen and oxygen atoms in total. The van der Waals surface area contributed by atoms with E-state index in [0.717, 1.165) is 11.5 Å². The van der Waals surface area contributed by atoms with Crippen molar-refractivity contribution < 1.29 is 9.47 Å². The third-order valence-electron chi connectivity index (χ3n) is 3.43. The van der Waals surface area contributed by atoms with Crippen molar-refractivity contribution in [2.24, 2.45) is 0 Å². The first-order chi connectivity index (χ1) is 9.76. The monoisotopic (exact) mass is 381 g/mol. The van der Waals surface area contributed by atoms with Crippen LogP contribution >= 0.6 is 22.6 Å². The summed E-state index contributed by atoms with van der Waals surface area (Å²) in [4.78, 5) is 0. The topological polar surface area (TPSA) is 30.5 Å². The standard InChI is InChI=1S/C16H16INO2/c1-18-15-10-20-16-8-13(6-7-14(15)16)19-9-11-2-4-12(17)5-3-11/h2-8,15,18H,9-10H2,1H3. The minimum absolute atomic E-state index is 0.287. The lowest BCUT2D eigenvalue weighted by Gasteiger charge is -2.09. The molecular weight excluding hydrogens is 365 g/mol. The lowest BCUT2D eigenvalue weighted by atomic mass is 10.1. The summed E-state index contributed by atoms with van der Waals surface area (Å²) in [6.45, 7) is 1.26. The van der Waals surface area contributed by atoms with E-state index >= 15 is 0 Å². The summed E-state index contributed by atoms with van der Waals surface area (Å²) in [6.07, 6.45) is 0. The van der Waals surface area contributed by atoms with Crippen LogP contribution in [0, 0.1) is 3.57 Å². The maximum absolute atomic E-state index is 5.82. The average Bonchev–Trinajstić information content (AvgIpc) is 2.89. The van der Waals surface area contributed by atoms with Crippen molar-refractivity contribution >= 4 is 22.6 Å². The Morgan fingerprint density at radius 2 is 2.05 bits per heavy atom. The SMILES string of the molecule is CNC1COc2cc(OCc3ccc(I)cc3)ccc21. The second-order valence-electron chi connectivity index (χ2n) is 4.77. The molecule has 1 heterocycles. The Morgan fingerprint density at radius 1 is 1.25 bits per heavy atom. The maximum atomic E-state index is 5.82. The number of fused-ring (bicyclic) bond motifs is 1. The molecule has 0 spiro atoms. The number of rotatable bonds is 4.